The molecule has 0 amide bonds. The number of hydrogen-bond acceptors (Lipinski definition) is 3. The third-order valence-corrected chi connectivity index (χ3v) is 5.63. The third-order valence-electron chi connectivity index (χ3n) is 5.63. The highest BCUT2D eigenvalue weighted by atomic mass is 16.3. The molecule has 1 fully saturated rings. The number of nitrogens with zero attached hydrogens (tertiary/aromatic N) is 3. The Morgan fingerprint density at radius 1 is 1.24 bits per heavy atom. The van der Waals surface area contributed by atoms with Crippen LogP contribution in [-0.4, -0.2) is 35.0 Å². The van der Waals surface area contributed by atoms with Gasteiger partial charge < -0.3 is 14.6 Å². The Labute approximate surface area is 150 Å². The van der Waals surface area contributed by atoms with Crippen molar-refractivity contribution in [1.82, 2.24) is 15.2 Å². The van der Waals surface area contributed by atoms with Crippen molar-refractivity contribution in [2.45, 2.75) is 46.7 Å². The molecule has 1 N–H and O–H groups in total. The number of nitrogens with one attached hydrogen (secondary N) is 1. The van der Waals surface area contributed by atoms with E-state index in [0.29, 0.717) is 12.4 Å². The molecule has 1 aromatic heterocycles. The number of rotatable bonds is 3. The van der Waals surface area contributed by atoms with Crippen LogP contribution >= 0.6 is 0 Å². The van der Waals surface area contributed by atoms with Crippen LogP contribution < -0.4 is 5.32 Å². The quantitative estimate of drug-likeness (QED) is 0.681. The van der Waals surface area contributed by atoms with Crippen LogP contribution in [0.25, 0.3) is 11.5 Å². The maximum absolute atomic E-state index is 5.63. The number of guanidine groups is 1. The molecule has 0 atom stereocenters. The van der Waals surface area contributed by atoms with Crippen molar-refractivity contribution in [2.75, 3.05) is 13.6 Å². The lowest BCUT2D eigenvalue weighted by Crippen LogP contribution is -2.72. The van der Waals surface area contributed by atoms with Gasteiger partial charge in [-0.25, -0.2) is 4.98 Å². The molecule has 0 radical (unpaired) electrons. The second-order valence-electron chi connectivity index (χ2n) is 7.94. The predicted molar refractivity (Wildman–Crippen MR) is 101 cm³/mol. The molecule has 5 nitrogen and oxygen atoms in total. The first-order valence-corrected chi connectivity index (χ1v) is 8.74. The van der Waals surface area contributed by atoms with Gasteiger partial charge in [0, 0.05) is 30.1 Å². The number of hydrogen-bond donors (Lipinski definition) is 1. The predicted octanol–water partition coefficient (Wildman–Crippen LogP) is 3.85. The van der Waals surface area contributed by atoms with Crippen molar-refractivity contribution >= 4 is 5.96 Å². The van der Waals surface area contributed by atoms with Crippen LogP contribution in [0.3, 0.4) is 0 Å². The minimum Gasteiger partial charge on any atom is -0.444 e. The molecule has 2 aromatic rings. The van der Waals surface area contributed by atoms with E-state index in [9.17, 15) is 0 Å². The van der Waals surface area contributed by atoms with Gasteiger partial charge in [0.2, 0.25) is 5.89 Å². The van der Waals surface area contributed by atoms with Crippen molar-refractivity contribution in [1.29, 1.82) is 0 Å². The second-order valence-corrected chi connectivity index (χ2v) is 7.94. The summed E-state index contributed by atoms with van der Waals surface area (Å²) in [5, 5.41) is 3.41. The molecule has 2 heterocycles. The normalized spacial score (nSPS) is 18.8. The fourth-order valence-corrected chi connectivity index (χ4v) is 3.08. The molecule has 0 aliphatic carbocycles. The summed E-state index contributed by atoms with van der Waals surface area (Å²) in [4.78, 5) is 11.3. The number of aryl methyl sites for hydroxylation is 1. The van der Waals surface area contributed by atoms with E-state index in [1.807, 2.05) is 19.2 Å². The zero-order chi connectivity index (χ0) is 18.2. The van der Waals surface area contributed by atoms with Gasteiger partial charge in [-0.05, 0) is 32.9 Å². The maximum Gasteiger partial charge on any atom is 0.226 e. The van der Waals surface area contributed by atoms with E-state index in [4.69, 9.17) is 4.42 Å². The average Bonchev–Trinajstić information content (AvgIpc) is 3.04. The van der Waals surface area contributed by atoms with Gasteiger partial charge in [0.05, 0.1) is 12.2 Å². The van der Waals surface area contributed by atoms with Gasteiger partial charge in [-0.2, -0.15) is 0 Å². The molecule has 134 valence electrons. The van der Waals surface area contributed by atoms with Gasteiger partial charge in [0.15, 0.2) is 5.96 Å². The zero-order valence-corrected chi connectivity index (χ0v) is 16.1. The van der Waals surface area contributed by atoms with Crippen LogP contribution in [0.4, 0.5) is 0 Å². The van der Waals surface area contributed by atoms with E-state index in [2.05, 4.69) is 66.9 Å². The van der Waals surface area contributed by atoms with Crippen molar-refractivity contribution in [3.8, 4) is 11.5 Å². The summed E-state index contributed by atoms with van der Waals surface area (Å²) in [6.07, 6.45) is 1.71. The third kappa shape index (κ3) is 3.15. The number of aromatic nitrogens is 1. The highest BCUT2D eigenvalue weighted by Gasteiger charge is 2.53. The first-order chi connectivity index (χ1) is 11.7. The van der Waals surface area contributed by atoms with Gasteiger partial charge in [0.25, 0.3) is 0 Å². The van der Waals surface area contributed by atoms with E-state index in [1.54, 1.807) is 6.26 Å². The summed E-state index contributed by atoms with van der Waals surface area (Å²) in [6, 6.07) is 8.18. The van der Waals surface area contributed by atoms with Crippen LogP contribution in [0, 0.1) is 12.3 Å². The van der Waals surface area contributed by atoms with Gasteiger partial charge >= 0.3 is 0 Å². The number of aliphatic imine (C=N–C) groups is 1. The van der Waals surface area contributed by atoms with Crippen LogP contribution in [0.1, 0.15) is 39.0 Å². The minimum absolute atomic E-state index is 0.0751. The van der Waals surface area contributed by atoms with Gasteiger partial charge in [-0.15, -0.1) is 0 Å². The van der Waals surface area contributed by atoms with E-state index in [1.165, 1.54) is 5.56 Å². The Hall–Kier alpha value is -2.30. The Kier molecular flexibility index (Phi) is 4.35. The SMILES string of the molecule is CN=C(NCc1coc(-c2ccc(C)cc2)n1)N1CC(C)(C)C1(C)C. The van der Waals surface area contributed by atoms with Crippen molar-refractivity contribution in [3.63, 3.8) is 0 Å². The summed E-state index contributed by atoms with van der Waals surface area (Å²) < 4.78 is 5.63. The Bertz CT molecular complexity index is 771. The fraction of sp³-hybridized carbons (Fsp3) is 0.500. The van der Waals surface area contributed by atoms with Crippen LogP contribution in [0.5, 0.6) is 0 Å². The van der Waals surface area contributed by atoms with Gasteiger partial charge in [0.1, 0.15) is 6.26 Å². The molecule has 0 unspecified atom stereocenters. The lowest BCUT2D eigenvalue weighted by molar-refractivity contribution is -0.0668. The summed E-state index contributed by atoms with van der Waals surface area (Å²) in [5.74, 6) is 1.56. The second kappa shape index (κ2) is 6.21. The Balaban J connectivity index is 1.65. The lowest BCUT2D eigenvalue weighted by Gasteiger charge is -2.62. The summed E-state index contributed by atoms with van der Waals surface area (Å²) in [6.45, 7) is 12.8. The zero-order valence-electron chi connectivity index (χ0n) is 16.1. The molecule has 1 aliphatic rings. The number of benzene rings is 1. The lowest BCUT2D eigenvalue weighted by atomic mass is 9.65. The molecule has 3 rings (SSSR count). The van der Waals surface area contributed by atoms with E-state index < -0.39 is 0 Å². The van der Waals surface area contributed by atoms with E-state index in [0.717, 1.165) is 23.8 Å². The van der Waals surface area contributed by atoms with Crippen molar-refractivity contribution in [3.05, 3.63) is 41.8 Å². The summed E-state index contributed by atoms with van der Waals surface area (Å²) >= 11 is 0. The molecule has 5 heteroatoms. The van der Waals surface area contributed by atoms with Crippen LogP contribution in [0.2, 0.25) is 0 Å². The highest BCUT2D eigenvalue weighted by molar-refractivity contribution is 5.82. The largest absolute Gasteiger partial charge is 0.444 e. The standard InChI is InChI=1S/C20H28N4O/c1-14-7-9-15(10-8-14)17-23-16(12-25-17)11-22-18(21-6)24-13-19(2,3)20(24,4)5/h7-10,12H,11,13H2,1-6H3,(H,21,22). The molecule has 0 spiro atoms. The first-order valence-electron chi connectivity index (χ1n) is 8.74. The van der Waals surface area contributed by atoms with Gasteiger partial charge in [-0.1, -0.05) is 31.5 Å². The van der Waals surface area contributed by atoms with E-state index >= 15 is 0 Å². The van der Waals surface area contributed by atoms with Crippen LogP contribution in [0.15, 0.2) is 39.9 Å². The monoisotopic (exact) mass is 340 g/mol. The number of likely N-dealkylation sites (tertiary alicyclic amines) is 1. The Morgan fingerprint density at radius 3 is 2.48 bits per heavy atom. The molecule has 1 aliphatic heterocycles. The molecule has 25 heavy (non-hydrogen) atoms. The average molecular weight is 340 g/mol. The van der Waals surface area contributed by atoms with Crippen LogP contribution in [-0.2, 0) is 6.54 Å². The van der Waals surface area contributed by atoms with Crippen molar-refractivity contribution < 1.29 is 4.42 Å². The van der Waals surface area contributed by atoms with Gasteiger partial charge in [-0.3, -0.25) is 4.99 Å². The molecule has 0 bridgehead atoms. The first kappa shape index (κ1) is 17.5. The topological polar surface area (TPSA) is 53.7 Å². The van der Waals surface area contributed by atoms with Crippen molar-refractivity contribution in [2.24, 2.45) is 10.4 Å². The maximum atomic E-state index is 5.63. The molecule has 1 aromatic carbocycles. The highest BCUT2D eigenvalue weighted by Crippen LogP contribution is 2.46. The number of oxazole rings is 1. The fourth-order valence-electron chi connectivity index (χ4n) is 3.08. The summed E-state index contributed by atoms with van der Waals surface area (Å²) in [7, 11) is 1.82. The van der Waals surface area contributed by atoms with E-state index in [-0.39, 0.29) is 11.0 Å². The molecular weight excluding hydrogens is 312 g/mol. The summed E-state index contributed by atoms with van der Waals surface area (Å²) in [5.41, 5.74) is 3.44. The molecular formula is C20H28N4O. The molecule has 0 saturated carbocycles. The minimum atomic E-state index is 0.0751. The smallest absolute Gasteiger partial charge is 0.226 e. The molecule has 1 saturated heterocycles. The Morgan fingerprint density at radius 2 is 1.92 bits per heavy atom.